The van der Waals surface area contributed by atoms with Crippen LogP contribution in [0.1, 0.15) is 59.3 Å². The van der Waals surface area contributed by atoms with Crippen molar-refractivity contribution in [2.75, 3.05) is 20.1 Å². The van der Waals surface area contributed by atoms with Crippen molar-refractivity contribution in [1.82, 2.24) is 10.2 Å². The summed E-state index contributed by atoms with van der Waals surface area (Å²) < 4.78 is 0. The fourth-order valence-corrected chi connectivity index (χ4v) is 3.06. The second-order valence-corrected chi connectivity index (χ2v) is 6.10. The molecule has 1 fully saturated rings. The Kier molecular flexibility index (Phi) is 7.44. The van der Waals surface area contributed by atoms with E-state index in [2.05, 4.69) is 31.0 Å². The van der Waals surface area contributed by atoms with E-state index in [9.17, 15) is 4.79 Å². The quantitative estimate of drug-likeness (QED) is 0.769. The van der Waals surface area contributed by atoms with E-state index < -0.39 is 0 Å². The molecule has 0 saturated carbocycles. The Hall–Kier alpha value is -0.570. The van der Waals surface area contributed by atoms with Gasteiger partial charge < -0.3 is 10.2 Å². The summed E-state index contributed by atoms with van der Waals surface area (Å²) in [5.74, 6) is 1.74. The third-order valence-corrected chi connectivity index (χ3v) is 4.74. The number of rotatable bonds is 7. The summed E-state index contributed by atoms with van der Waals surface area (Å²) in [5.41, 5.74) is 0. The Morgan fingerprint density at radius 1 is 1.37 bits per heavy atom. The first kappa shape index (κ1) is 16.5. The van der Waals surface area contributed by atoms with Crippen molar-refractivity contribution in [2.45, 2.75) is 65.3 Å². The molecule has 1 aliphatic rings. The lowest BCUT2D eigenvalue weighted by molar-refractivity contribution is -0.131. The Bertz CT molecular complexity index is 267. The second-order valence-electron chi connectivity index (χ2n) is 6.10. The summed E-state index contributed by atoms with van der Waals surface area (Å²) in [5, 5.41) is 3.38. The molecule has 1 N–H and O–H groups in total. The lowest BCUT2D eigenvalue weighted by Crippen LogP contribution is -2.45. The normalized spacial score (nSPS) is 24.1. The lowest BCUT2D eigenvalue weighted by atomic mass is 9.96. The number of likely N-dealkylation sites (tertiary alicyclic amines) is 1. The van der Waals surface area contributed by atoms with Crippen LogP contribution in [0.5, 0.6) is 0 Å². The van der Waals surface area contributed by atoms with E-state index in [1.165, 1.54) is 19.3 Å². The van der Waals surface area contributed by atoms with Crippen LogP contribution in [0.2, 0.25) is 0 Å². The van der Waals surface area contributed by atoms with Gasteiger partial charge in [0, 0.05) is 25.6 Å². The summed E-state index contributed by atoms with van der Waals surface area (Å²) in [6, 6.07) is 0.427. The molecule has 3 heteroatoms. The maximum atomic E-state index is 12.2. The Morgan fingerprint density at radius 2 is 2.11 bits per heavy atom. The van der Waals surface area contributed by atoms with Crippen molar-refractivity contribution in [2.24, 2.45) is 11.8 Å². The third kappa shape index (κ3) is 5.13. The van der Waals surface area contributed by atoms with Gasteiger partial charge in [-0.05, 0) is 31.7 Å². The second kappa shape index (κ2) is 8.57. The van der Waals surface area contributed by atoms with Crippen LogP contribution < -0.4 is 5.32 Å². The molecule has 19 heavy (non-hydrogen) atoms. The molecular weight excluding hydrogens is 236 g/mol. The fraction of sp³-hybridized carbons (Fsp3) is 0.938. The summed E-state index contributed by atoms with van der Waals surface area (Å²) >= 11 is 0. The van der Waals surface area contributed by atoms with Crippen molar-refractivity contribution in [3.63, 3.8) is 0 Å². The maximum absolute atomic E-state index is 12.2. The van der Waals surface area contributed by atoms with E-state index in [0.29, 0.717) is 17.9 Å². The van der Waals surface area contributed by atoms with Crippen LogP contribution in [0.15, 0.2) is 0 Å². The van der Waals surface area contributed by atoms with Gasteiger partial charge in [0.1, 0.15) is 0 Å². The van der Waals surface area contributed by atoms with Crippen LogP contribution in [0, 0.1) is 11.8 Å². The maximum Gasteiger partial charge on any atom is 0.222 e. The average Bonchev–Trinajstić information content (AvgIpc) is 2.59. The predicted molar refractivity (Wildman–Crippen MR) is 81.1 cm³/mol. The van der Waals surface area contributed by atoms with Gasteiger partial charge in [-0.3, -0.25) is 4.79 Å². The minimum absolute atomic E-state index is 0.363. The molecule has 0 aromatic carbocycles. The highest BCUT2D eigenvalue weighted by Gasteiger charge is 2.25. The predicted octanol–water partition coefficient (Wildman–Crippen LogP) is 3.05. The monoisotopic (exact) mass is 268 g/mol. The molecule has 0 aliphatic carbocycles. The van der Waals surface area contributed by atoms with Gasteiger partial charge in [0.15, 0.2) is 0 Å². The Labute approximate surface area is 119 Å². The molecule has 1 rings (SSSR count). The molecule has 0 bridgehead atoms. The van der Waals surface area contributed by atoms with E-state index in [1.807, 2.05) is 7.05 Å². The minimum atomic E-state index is 0.363. The molecule has 0 radical (unpaired) electrons. The molecular formula is C16H32N2O. The van der Waals surface area contributed by atoms with Crippen molar-refractivity contribution < 1.29 is 4.79 Å². The third-order valence-electron chi connectivity index (χ3n) is 4.74. The topological polar surface area (TPSA) is 32.3 Å². The SMILES string of the molecule is CCCC1CCC(=O)N(CC(NC)C(C)CC)CC1. The van der Waals surface area contributed by atoms with Crippen molar-refractivity contribution in [3.8, 4) is 0 Å². The molecule has 0 aromatic rings. The molecule has 0 spiro atoms. The average molecular weight is 268 g/mol. The van der Waals surface area contributed by atoms with Crippen molar-refractivity contribution in [1.29, 1.82) is 0 Å². The first-order chi connectivity index (χ1) is 9.12. The van der Waals surface area contributed by atoms with Crippen LogP contribution in [-0.4, -0.2) is 37.0 Å². The van der Waals surface area contributed by atoms with E-state index in [4.69, 9.17) is 0 Å². The van der Waals surface area contributed by atoms with Crippen LogP contribution in [0.3, 0.4) is 0 Å². The highest BCUT2D eigenvalue weighted by atomic mass is 16.2. The van der Waals surface area contributed by atoms with E-state index >= 15 is 0 Å². The lowest BCUT2D eigenvalue weighted by Gasteiger charge is -2.30. The number of carbonyl (C=O) groups is 1. The standard InChI is InChI=1S/C16H32N2O/c1-5-7-14-8-9-16(19)18(11-10-14)12-15(17-4)13(3)6-2/h13-15,17H,5-12H2,1-4H3. The Balaban J connectivity index is 2.54. The minimum Gasteiger partial charge on any atom is -0.341 e. The molecule has 1 aliphatic heterocycles. The number of hydrogen-bond donors (Lipinski definition) is 1. The zero-order chi connectivity index (χ0) is 14.3. The molecule has 1 amide bonds. The number of hydrogen-bond acceptors (Lipinski definition) is 2. The number of likely N-dealkylation sites (N-methyl/N-ethyl adjacent to an activating group) is 1. The van der Waals surface area contributed by atoms with Gasteiger partial charge in [-0.1, -0.05) is 40.0 Å². The first-order valence-corrected chi connectivity index (χ1v) is 8.07. The largest absolute Gasteiger partial charge is 0.341 e. The van der Waals surface area contributed by atoms with Crippen LogP contribution in [0.4, 0.5) is 0 Å². The molecule has 1 saturated heterocycles. The van der Waals surface area contributed by atoms with Gasteiger partial charge in [0.2, 0.25) is 5.91 Å². The molecule has 0 aromatic heterocycles. The summed E-state index contributed by atoms with van der Waals surface area (Å²) in [7, 11) is 2.01. The Morgan fingerprint density at radius 3 is 2.68 bits per heavy atom. The van der Waals surface area contributed by atoms with E-state index in [-0.39, 0.29) is 0 Å². The summed E-state index contributed by atoms with van der Waals surface area (Å²) in [6.45, 7) is 8.56. The summed E-state index contributed by atoms with van der Waals surface area (Å²) in [6.07, 6.45) is 6.72. The molecule has 3 atom stereocenters. The van der Waals surface area contributed by atoms with E-state index in [0.717, 1.165) is 38.3 Å². The smallest absolute Gasteiger partial charge is 0.222 e. The number of nitrogens with zero attached hydrogens (tertiary/aromatic N) is 1. The highest BCUT2D eigenvalue weighted by Crippen LogP contribution is 2.23. The molecule has 112 valence electrons. The van der Waals surface area contributed by atoms with Gasteiger partial charge in [-0.15, -0.1) is 0 Å². The number of carbonyl (C=O) groups excluding carboxylic acids is 1. The van der Waals surface area contributed by atoms with Gasteiger partial charge in [-0.25, -0.2) is 0 Å². The fourth-order valence-electron chi connectivity index (χ4n) is 3.06. The van der Waals surface area contributed by atoms with Crippen LogP contribution in [-0.2, 0) is 4.79 Å². The van der Waals surface area contributed by atoms with Gasteiger partial charge in [-0.2, -0.15) is 0 Å². The molecule has 3 unspecified atom stereocenters. The van der Waals surface area contributed by atoms with Gasteiger partial charge in [0.05, 0.1) is 0 Å². The van der Waals surface area contributed by atoms with E-state index in [1.54, 1.807) is 0 Å². The highest BCUT2D eigenvalue weighted by molar-refractivity contribution is 5.76. The van der Waals surface area contributed by atoms with Crippen molar-refractivity contribution in [3.05, 3.63) is 0 Å². The molecule has 1 heterocycles. The summed E-state index contributed by atoms with van der Waals surface area (Å²) in [4.78, 5) is 14.3. The zero-order valence-electron chi connectivity index (χ0n) is 13.2. The zero-order valence-corrected chi connectivity index (χ0v) is 13.2. The first-order valence-electron chi connectivity index (χ1n) is 8.07. The van der Waals surface area contributed by atoms with Gasteiger partial charge in [0.25, 0.3) is 0 Å². The van der Waals surface area contributed by atoms with Crippen LogP contribution in [0.25, 0.3) is 0 Å². The van der Waals surface area contributed by atoms with Crippen molar-refractivity contribution >= 4 is 5.91 Å². The number of amides is 1. The number of nitrogens with one attached hydrogen (secondary N) is 1. The molecule has 3 nitrogen and oxygen atoms in total. The van der Waals surface area contributed by atoms with Gasteiger partial charge >= 0.3 is 0 Å². The van der Waals surface area contributed by atoms with Crippen LogP contribution >= 0.6 is 0 Å².